The standard InChI is InChI=1S/C18H25N3O3/c1-20(12-14-6-8-15(24-2)9-7-14)13-21-16(22)18(19-17(21)23)10-4-3-5-11-18/h6-9H,3-5,10-13H2,1-2H3,(H,19,23). The average Bonchev–Trinajstić information content (AvgIpc) is 2.80. The molecule has 2 aliphatic rings. The molecular weight excluding hydrogens is 306 g/mol. The summed E-state index contributed by atoms with van der Waals surface area (Å²) in [7, 11) is 3.55. The van der Waals surface area contributed by atoms with E-state index in [1.165, 1.54) is 4.90 Å². The van der Waals surface area contributed by atoms with E-state index in [0.717, 1.165) is 43.4 Å². The zero-order chi connectivity index (χ0) is 17.2. The van der Waals surface area contributed by atoms with Gasteiger partial charge in [0.1, 0.15) is 11.3 Å². The SMILES string of the molecule is COc1ccc(CN(C)CN2C(=O)NC3(CCCCC3)C2=O)cc1. The van der Waals surface area contributed by atoms with Crippen LogP contribution in [-0.4, -0.2) is 48.1 Å². The molecule has 1 aliphatic heterocycles. The number of carbonyl (C=O) groups is 2. The quantitative estimate of drug-likeness (QED) is 0.841. The van der Waals surface area contributed by atoms with E-state index in [9.17, 15) is 9.59 Å². The van der Waals surface area contributed by atoms with Gasteiger partial charge in [-0.2, -0.15) is 0 Å². The molecule has 1 spiro atoms. The van der Waals surface area contributed by atoms with Gasteiger partial charge in [-0.15, -0.1) is 0 Å². The first-order valence-corrected chi connectivity index (χ1v) is 8.50. The highest BCUT2D eigenvalue weighted by molar-refractivity contribution is 6.07. The van der Waals surface area contributed by atoms with Crippen LogP contribution in [0, 0.1) is 0 Å². The van der Waals surface area contributed by atoms with E-state index in [-0.39, 0.29) is 11.9 Å². The maximum absolute atomic E-state index is 12.8. The van der Waals surface area contributed by atoms with Crippen molar-refractivity contribution in [2.45, 2.75) is 44.2 Å². The second kappa shape index (κ2) is 6.81. The molecule has 2 fully saturated rings. The van der Waals surface area contributed by atoms with Crippen LogP contribution in [0.3, 0.4) is 0 Å². The number of nitrogens with zero attached hydrogens (tertiary/aromatic N) is 2. The number of amides is 3. The lowest BCUT2D eigenvalue weighted by molar-refractivity contribution is -0.133. The summed E-state index contributed by atoms with van der Waals surface area (Å²) in [6.07, 6.45) is 4.66. The molecule has 0 bridgehead atoms. The summed E-state index contributed by atoms with van der Waals surface area (Å²) in [4.78, 5) is 28.4. The van der Waals surface area contributed by atoms with E-state index >= 15 is 0 Å². The molecule has 6 heteroatoms. The van der Waals surface area contributed by atoms with Crippen LogP contribution in [0.1, 0.15) is 37.7 Å². The van der Waals surface area contributed by atoms with Crippen molar-refractivity contribution in [1.82, 2.24) is 15.1 Å². The van der Waals surface area contributed by atoms with Crippen LogP contribution < -0.4 is 10.1 Å². The molecule has 1 saturated carbocycles. The van der Waals surface area contributed by atoms with Gasteiger partial charge >= 0.3 is 6.03 Å². The Labute approximate surface area is 142 Å². The number of imide groups is 1. The van der Waals surface area contributed by atoms with E-state index in [2.05, 4.69) is 5.32 Å². The molecule has 0 radical (unpaired) electrons. The predicted octanol–water partition coefficient (Wildman–Crippen LogP) is 2.34. The minimum Gasteiger partial charge on any atom is -0.497 e. The number of nitrogens with one attached hydrogen (secondary N) is 1. The Bertz CT molecular complexity index is 608. The Morgan fingerprint density at radius 2 is 1.83 bits per heavy atom. The van der Waals surface area contributed by atoms with E-state index in [1.807, 2.05) is 36.2 Å². The van der Waals surface area contributed by atoms with Crippen molar-refractivity contribution in [2.75, 3.05) is 20.8 Å². The third-order valence-electron chi connectivity index (χ3n) is 4.95. The Morgan fingerprint density at radius 1 is 1.17 bits per heavy atom. The van der Waals surface area contributed by atoms with Gasteiger partial charge in [0.05, 0.1) is 13.8 Å². The van der Waals surface area contributed by atoms with Crippen LogP contribution >= 0.6 is 0 Å². The lowest BCUT2D eigenvalue weighted by atomic mass is 9.82. The lowest BCUT2D eigenvalue weighted by Gasteiger charge is -2.31. The van der Waals surface area contributed by atoms with E-state index in [4.69, 9.17) is 4.74 Å². The van der Waals surface area contributed by atoms with Crippen LogP contribution in [0.15, 0.2) is 24.3 Å². The molecule has 24 heavy (non-hydrogen) atoms. The van der Waals surface area contributed by atoms with Crippen molar-refractivity contribution in [2.24, 2.45) is 0 Å². The minimum absolute atomic E-state index is 0.0613. The summed E-state index contributed by atoms with van der Waals surface area (Å²) in [6, 6.07) is 7.54. The Balaban J connectivity index is 1.62. The number of methoxy groups -OCH3 is 1. The van der Waals surface area contributed by atoms with Gasteiger partial charge in [-0.3, -0.25) is 9.69 Å². The fourth-order valence-corrected chi connectivity index (χ4v) is 3.63. The zero-order valence-electron chi connectivity index (χ0n) is 14.4. The monoisotopic (exact) mass is 331 g/mol. The van der Waals surface area contributed by atoms with Crippen LogP contribution in [0.5, 0.6) is 5.75 Å². The zero-order valence-corrected chi connectivity index (χ0v) is 14.4. The molecule has 1 N–H and O–H groups in total. The fourth-order valence-electron chi connectivity index (χ4n) is 3.63. The molecule has 0 unspecified atom stereocenters. The summed E-state index contributed by atoms with van der Waals surface area (Å²) in [5.41, 5.74) is 0.466. The van der Waals surface area contributed by atoms with Gasteiger partial charge in [-0.05, 0) is 37.6 Å². The van der Waals surface area contributed by atoms with E-state index in [1.54, 1.807) is 7.11 Å². The van der Waals surface area contributed by atoms with Crippen LogP contribution in [-0.2, 0) is 11.3 Å². The molecule has 1 aliphatic carbocycles. The third kappa shape index (κ3) is 3.24. The van der Waals surface area contributed by atoms with Gasteiger partial charge in [0, 0.05) is 6.54 Å². The van der Waals surface area contributed by atoms with E-state index < -0.39 is 5.54 Å². The Morgan fingerprint density at radius 3 is 2.46 bits per heavy atom. The highest BCUT2D eigenvalue weighted by atomic mass is 16.5. The molecule has 1 heterocycles. The second-order valence-corrected chi connectivity index (χ2v) is 6.81. The van der Waals surface area contributed by atoms with Crippen molar-refractivity contribution in [3.8, 4) is 5.75 Å². The van der Waals surface area contributed by atoms with Gasteiger partial charge in [0.25, 0.3) is 5.91 Å². The first-order valence-electron chi connectivity index (χ1n) is 8.50. The molecule has 6 nitrogen and oxygen atoms in total. The number of rotatable bonds is 5. The van der Waals surface area contributed by atoms with Gasteiger partial charge in [0.2, 0.25) is 0 Å². The summed E-state index contributed by atoms with van der Waals surface area (Å²) in [5.74, 6) is 0.753. The van der Waals surface area contributed by atoms with Gasteiger partial charge in [-0.1, -0.05) is 31.4 Å². The number of ether oxygens (including phenoxy) is 1. The lowest BCUT2D eigenvalue weighted by Crippen LogP contribution is -2.48. The van der Waals surface area contributed by atoms with Crippen molar-refractivity contribution < 1.29 is 14.3 Å². The van der Waals surface area contributed by atoms with Crippen LogP contribution in [0.4, 0.5) is 4.79 Å². The van der Waals surface area contributed by atoms with Crippen LogP contribution in [0.2, 0.25) is 0 Å². The molecule has 1 aromatic carbocycles. The Hall–Kier alpha value is -2.08. The first kappa shape index (κ1) is 16.8. The summed E-state index contributed by atoms with van der Waals surface area (Å²) < 4.78 is 5.15. The average molecular weight is 331 g/mol. The van der Waals surface area contributed by atoms with Gasteiger partial charge < -0.3 is 10.1 Å². The topological polar surface area (TPSA) is 61.9 Å². The fraction of sp³-hybridized carbons (Fsp3) is 0.556. The van der Waals surface area contributed by atoms with Crippen molar-refractivity contribution >= 4 is 11.9 Å². The molecule has 1 aromatic rings. The Kier molecular flexibility index (Phi) is 4.76. The normalized spacial score (nSPS) is 19.9. The maximum Gasteiger partial charge on any atom is 0.326 e. The predicted molar refractivity (Wildman–Crippen MR) is 90.5 cm³/mol. The highest BCUT2D eigenvalue weighted by Crippen LogP contribution is 2.33. The summed E-state index contributed by atoms with van der Waals surface area (Å²) in [5, 5.41) is 2.95. The van der Waals surface area contributed by atoms with Crippen molar-refractivity contribution in [3.05, 3.63) is 29.8 Å². The smallest absolute Gasteiger partial charge is 0.326 e. The number of hydrogen-bond acceptors (Lipinski definition) is 4. The van der Waals surface area contributed by atoms with Crippen LogP contribution in [0.25, 0.3) is 0 Å². The summed E-state index contributed by atoms with van der Waals surface area (Å²) in [6.45, 7) is 0.965. The number of benzene rings is 1. The van der Waals surface area contributed by atoms with Gasteiger partial charge in [0.15, 0.2) is 0 Å². The number of urea groups is 1. The molecule has 3 rings (SSSR count). The molecule has 0 atom stereocenters. The summed E-state index contributed by atoms with van der Waals surface area (Å²) >= 11 is 0. The molecule has 130 valence electrons. The van der Waals surface area contributed by atoms with E-state index in [0.29, 0.717) is 13.2 Å². The number of hydrogen-bond donors (Lipinski definition) is 1. The third-order valence-corrected chi connectivity index (χ3v) is 4.95. The highest BCUT2D eigenvalue weighted by Gasteiger charge is 2.51. The second-order valence-electron chi connectivity index (χ2n) is 6.81. The number of carbonyl (C=O) groups excluding carboxylic acids is 2. The largest absolute Gasteiger partial charge is 0.497 e. The molecule has 0 aromatic heterocycles. The first-order chi connectivity index (χ1) is 11.5. The van der Waals surface area contributed by atoms with Gasteiger partial charge in [-0.25, -0.2) is 9.69 Å². The molecule has 3 amide bonds. The minimum atomic E-state index is -0.643. The maximum atomic E-state index is 12.8. The molecular formula is C18H25N3O3. The molecule has 1 saturated heterocycles. The van der Waals surface area contributed by atoms with Crippen molar-refractivity contribution in [3.63, 3.8) is 0 Å². The van der Waals surface area contributed by atoms with Crippen molar-refractivity contribution in [1.29, 1.82) is 0 Å².